The van der Waals surface area contributed by atoms with Gasteiger partial charge in [0.05, 0.1) is 17.1 Å². The summed E-state index contributed by atoms with van der Waals surface area (Å²) in [6.45, 7) is 0. The van der Waals surface area contributed by atoms with Gasteiger partial charge in [-0.15, -0.1) is 0 Å². The van der Waals surface area contributed by atoms with Gasteiger partial charge >= 0.3 is 0 Å². The van der Waals surface area contributed by atoms with Gasteiger partial charge in [-0.1, -0.05) is 0 Å². The second-order valence-electron chi connectivity index (χ2n) is 5.12. The lowest BCUT2D eigenvalue weighted by atomic mass is 10.2. The first-order valence-corrected chi connectivity index (χ1v) is 8.21. The van der Waals surface area contributed by atoms with E-state index in [0.29, 0.717) is 23.4 Å². The minimum atomic E-state index is -4.10. The van der Waals surface area contributed by atoms with Crippen LogP contribution in [0.3, 0.4) is 0 Å². The largest absolute Gasteiger partial charge is 0.326 e. The van der Waals surface area contributed by atoms with E-state index >= 15 is 0 Å². The molecule has 0 saturated heterocycles. The molecule has 0 spiro atoms. The van der Waals surface area contributed by atoms with Crippen molar-refractivity contribution in [1.82, 2.24) is 0 Å². The number of hydrogen-bond donors (Lipinski definition) is 1. The van der Waals surface area contributed by atoms with Gasteiger partial charge in [0.15, 0.2) is 21.5 Å². The lowest BCUT2D eigenvalue weighted by molar-refractivity contribution is -0.115. The van der Waals surface area contributed by atoms with Crippen LogP contribution in [0.2, 0.25) is 0 Å². The molecule has 120 valence electrons. The van der Waals surface area contributed by atoms with Crippen LogP contribution in [0.4, 0.5) is 18.9 Å². The summed E-state index contributed by atoms with van der Waals surface area (Å²) in [4.78, 5) is 11.1. The third-order valence-electron chi connectivity index (χ3n) is 3.53. The van der Waals surface area contributed by atoms with Crippen LogP contribution in [0.15, 0.2) is 35.2 Å². The zero-order valence-corrected chi connectivity index (χ0v) is 12.4. The summed E-state index contributed by atoms with van der Waals surface area (Å²) in [5.41, 5.74) is 0.132. The standard InChI is InChI=1S/C15H10F3NO3S/c16-11-2-3-12(17)15(18)10(11)7-23(21,22)9-1-4-13-8(5-9)6-14(20)19-13/h1-5H,6-7H2,(H,19,20). The molecule has 0 atom stereocenters. The third-order valence-corrected chi connectivity index (χ3v) is 5.18. The fraction of sp³-hybridized carbons (Fsp3) is 0.133. The van der Waals surface area contributed by atoms with Gasteiger partial charge in [-0.2, -0.15) is 0 Å². The zero-order valence-electron chi connectivity index (χ0n) is 11.6. The quantitative estimate of drug-likeness (QED) is 0.873. The number of benzene rings is 2. The van der Waals surface area contributed by atoms with Crippen LogP contribution >= 0.6 is 0 Å². The first-order chi connectivity index (χ1) is 10.8. The van der Waals surface area contributed by atoms with Gasteiger partial charge < -0.3 is 5.32 Å². The maximum absolute atomic E-state index is 13.6. The Morgan fingerprint density at radius 2 is 1.74 bits per heavy atom. The van der Waals surface area contributed by atoms with Gasteiger partial charge in [0.1, 0.15) is 5.82 Å². The average molecular weight is 341 g/mol. The number of rotatable bonds is 3. The van der Waals surface area contributed by atoms with Gasteiger partial charge in [0, 0.05) is 11.3 Å². The lowest BCUT2D eigenvalue weighted by Gasteiger charge is -2.09. The molecular formula is C15H10F3NO3S. The topological polar surface area (TPSA) is 63.2 Å². The Kier molecular flexibility index (Phi) is 3.63. The molecule has 1 aliphatic rings. The highest BCUT2D eigenvalue weighted by molar-refractivity contribution is 7.90. The SMILES string of the molecule is O=C1Cc2cc(S(=O)(=O)Cc3c(F)ccc(F)c3F)ccc2N1. The summed E-state index contributed by atoms with van der Waals surface area (Å²) >= 11 is 0. The summed E-state index contributed by atoms with van der Waals surface area (Å²) < 4.78 is 65.1. The third kappa shape index (κ3) is 2.81. The van der Waals surface area contributed by atoms with Gasteiger partial charge in [0.2, 0.25) is 5.91 Å². The van der Waals surface area contributed by atoms with E-state index in [1.54, 1.807) is 0 Å². The van der Waals surface area contributed by atoms with Crippen LogP contribution in [0, 0.1) is 17.5 Å². The molecule has 0 aliphatic carbocycles. The molecule has 1 amide bonds. The maximum atomic E-state index is 13.6. The molecule has 0 fully saturated rings. The van der Waals surface area contributed by atoms with Gasteiger partial charge in [-0.05, 0) is 35.9 Å². The number of sulfone groups is 1. The van der Waals surface area contributed by atoms with E-state index in [1.807, 2.05) is 0 Å². The summed E-state index contributed by atoms with van der Waals surface area (Å²) in [7, 11) is -4.10. The first-order valence-electron chi connectivity index (χ1n) is 6.56. The molecule has 2 aromatic carbocycles. The van der Waals surface area contributed by atoms with E-state index in [0.717, 1.165) is 0 Å². The monoisotopic (exact) mass is 341 g/mol. The minimum Gasteiger partial charge on any atom is -0.326 e. The van der Waals surface area contributed by atoms with Crippen molar-refractivity contribution in [2.45, 2.75) is 17.1 Å². The lowest BCUT2D eigenvalue weighted by Crippen LogP contribution is -2.10. The van der Waals surface area contributed by atoms with Crippen molar-refractivity contribution in [3.8, 4) is 0 Å². The van der Waals surface area contributed by atoms with Crippen LogP contribution in [-0.2, 0) is 26.8 Å². The Bertz CT molecular complexity index is 926. The van der Waals surface area contributed by atoms with Crippen LogP contribution in [0.1, 0.15) is 11.1 Å². The molecule has 3 rings (SSSR count). The maximum Gasteiger partial charge on any atom is 0.228 e. The number of nitrogens with one attached hydrogen (secondary N) is 1. The van der Waals surface area contributed by atoms with E-state index in [9.17, 15) is 26.4 Å². The summed E-state index contributed by atoms with van der Waals surface area (Å²) in [6.07, 6.45) is 0.0291. The molecule has 1 N–H and O–H groups in total. The molecule has 1 aliphatic heterocycles. The number of fused-ring (bicyclic) bond motifs is 1. The van der Waals surface area contributed by atoms with Crippen molar-refractivity contribution in [3.05, 3.63) is 58.9 Å². The van der Waals surface area contributed by atoms with Crippen LogP contribution in [0.5, 0.6) is 0 Å². The fourth-order valence-electron chi connectivity index (χ4n) is 2.37. The molecule has 8 heteroatoms. The summed E-state index contributed by atoms with van der Waals surface area (Å²) in [5, 5.41) is 2.55. The molecule has 23 heavy (non-hydrogen) atoms. The number of carbonyl (C=O) groups is 1. The van der Waals surface area contributed by atoms with Crippen LogP contribution in [0.25, 0.3) is 0 Å². The van der Waals surface area contributed by atoms with Gasteiger partial charge in [-0.25, -0.2) is 21.6 Å². The van der Waals surface area contributed by atoms with Crippen molar-refractivity contribution < 1.29 is 26.4 Å². The molecular weight excluding hydrogens is 331 g/mol. The van der Waals surface area contributed by atoms with E-state index in [-0.39, 0.29) is 17.2 Å². The molecule has 0 unspecified atom stereocenters. The molecule has 4 nitrogen and oxygen atoms in total. The second kappa shape index (κ2) is 5.38. The normalized spacial score (nSPS) is 13.8. The number of amides is 1. The smallest absolute Gasteiger partial charge is 0.228 e. The number of hydrogen-bond acceptors (Lipinski definition) is 3. The van der Waals surface area contributed by atoms with Gasteiger partial charge in [0.25, 0.3) is 0 Å². The van der Waals surface area contributed by atoms with E-state index in [4.69, 9.17) is 0 Å². The minimum absolute atomic E-state index is 0.0291. The van der Waals surface area contributed by atoms with Crippen LogP contribution < -0.4 is 5.32 Å². The zero-order chi connectivity index (χ0) is 16.8. The molecule has 0 saturated carbocycles. The highest BCUT2D eigenvalue weighted by atomic mass is 32.2. The van der Waals surface area contributed by atoms with E-state index in [1.165, 1.54) is 18.2 Å². The molecule has 1 heterocycles. The summed E-state index contributed by atoms with van der Waals surface area (Å²) in [5.74, 6) is -5.25. The Morgan fingerprint density at radius 1 is 1.04 bits per heavy atom. The average Bonchev–Trinajstić information content (AvgIpc) is 2.86. The van der Waals surface area contributed by atoms with Crippen molar-refractivity contribution in [2.24, 2.45) is 0 Å². The van der Waals surface area contributed by atoms with E-state index in [2.05, 4.69) is 5.32 Å². The first kappa shape index (κ1) is 15.5. The number of carbonyl (C=O) groups excluding carboxylic acids is 1. The predicted molar refractivity (Wildman–Crippen MR) is 76.0 cm³/mol. The number of halogens is 3. The van der Waals surface area contributed by atoms with Crippen molar-refractivity contribution >= 4 is 21.4 Å². The number of anilines is 1. The van der Waals surface area contributed by atoms with E-state index < -0.39 is 38.6 Å². The summed E-state index contributed by atoms with van der Waals surface area (Å²) in [6, 6.07) is 5.18. The Labute approximate surface area is 129 Å². The predicted octanol–water partition coefficient (Wildman–Crippen LogP) is 2.57. The molecule has 0 aromatic heterocycles. The highest BCUT2D eigenvalue weighted by Gasteiger charge is 2.25. The Morgan fingerprint density at radius 3 is 2.48 bits per heavy atom. The molecule has 0 bridgehead atoms. The molecule has 0 radical (unpaired) electrons. The Hall–Kier alpha value is -2.35. The van der Waals surface area contributed by atoms with Crippen molar-refractivity contribution in [1.29, 1.82) is 0 Å². The second-order valence-corrected chi connectivity index (χ2v) is 7.11. The fourth-order valence-corrected chi connectivity index (χ4v) is 3.78. The molecule has 2 aromatic rings. The Balaban J connectivity index is 1.99. The van der Waals surface area contributed by atoms with Crippen LogP contribution in [-0.4, -0.2) is 14.3 Å². The van der Waals surface area contributed by atoms with Crippen molar-refractivity contribution in [3.63, 3.8) is 0 Å². The van der Waals surface area contributed by atoms with Gasteiger partial charge in [-0.3, -0.25) is 4.79 Å². The highest BCUT2D eigenvalue weighted by Crippen LogP contribution is 2.28. The van der Waals surface area contributed by atoms with Crippen molar-refractivity contribution in [2.75, 3.05) is 5.32 Å².